The summed E-state index contributed by atoms with van der Waals surface area (Å²) in [6.45, 7) is 3.87. The second-order valence-electron chi connectivity index (χ2n) is 8.02. The average Bonchev–Trinajstić information content (AvgIpc) is 3.41. The molecule has 0 unspecified atom stereocenters. The lowest BCUT2D eigenvalue weighted by Crippen LogP contribution is -2.30. The topological polar surface area (TPSA) is 59.8 Å². The monoisotopic (exact) mass is 420 g/mol. The van der Waals surface area contributed by atoms with Crippen molar-refractivity contribution >= 4 is 16.7 Å². The number of hydrogen-bond acceptors (Lipinski definition) is 4. The first-order chi connectivity index (χ1) is 14.0. The largest absolute Gasteiger partial charge is 0.365 e. The number of anilines is 1. The first kappa shape index (κ1) is 20.3. The molecule has 0 atom stereocenters. The summed E-state index contributed by atoms with van der Waals surface area (Å²) in [6.07, 6.45) is 3.00. The number of pyridine rings is 1. The van der Waals surface area contributed by atoms with Gasteiger partial charge in [0.15, 0.2) is 0 Å². The van der Waals surface area contributed by atoms with Crippen molar-refractivity contribution in [1.29, 1.82) is 0 Å². The molecule has 0 saturated heterocycles. The van der Waals surface area contributed by atoms with Gasteiger partial charge in [-0.25, -0.2) is 23.1 Å². The SMILES string of the molecule is Cc1nc(NCc2cccc(C(C)(F)F)c2F)c2cn(C3(C)CC3)c(=O)c(F)c2n1. The maximum absolute atomic E-state index is 14.8. The third-order valence-corrected chi connectivity index (χ3v) is 5.48. The molecule has 0 aliphatic heterocycles. The number of aromatic nitrogens is 3. The zero-order chi connectivity index (χ0) is 21.8. The first-order valence-corrected chi connectivity index (χ1v) is 9.51. The van der Waals surface area contributed by atoms with Crippen molar-refractivity contribution in [3.63, 3.8) is 0 Å². The predicted molar refractivity (Wildman–Crippen MR) is 105 cm³/mol. The Hall–Kier alpha value is -2.97. The van der Waals surface area contributed by atoms with Gasteiger partial charge in [0.25, 0.3) is 11.5 Å². The molecule has 2 heterocycles. The Bertz CT molecular complexity index is 1210. The van der Waals surface area contributed by atoms with Crippen LogP contribution in [-0.4, -0.2) is 14.5 Å². The standard InChI is InChI=1S/C21H20F4N4O/c1-11-27-17-13(10-29(19(30)16(17)23)20(2)7-8-20)18(28-11)26-9-12-5-4-6-14(15(12)22)21(3,24)25/h4-6,10H,7-9H2,1-3H3,(H,26,27,28). The van der Waals surface area contributed by atoms with Crippen LogP contribution in [0.15, 0.2) is 29.2 Å². The number of alkyl halides is 2. The minimum absolute atomic E-state index is 0.0152. The third kappa shape index (κ3) is 3.42. The van der Waals surface area contributed by atoms with Crippen molar-refractivity contribution in [3.8, 4) is 0 Å². The van der Waals surface area contributed by atoms with Crippen LogP contribution in [0, 0.1) is 18.6 Å². The summed E-state index contributed by atoms with van der Waals surface area (Å²) in [5.74, 6) is -4.90. The van der Waals surface area contributed by atoms with Gasteiger partial charge in [0.05, 0.1) is 10.9 Å². The van der Waals surface area contributed by atoms with Crippen LogP contribution in [0.2, 0.25) is 0 Å². The summed E-state index contributed by atoms with van der Waals surface area (Å²) in [5, 5.41) is 3.16. The molecule has 2 aromatic heterocycles. The van der Waals surface area contributed by atoms with Crippen LogP contribution in [0.5, 0.6) is 0 Å². The number of aryl methyl sites for hydroxylation is 1. The van der Waals surface area contributed by atoms with Gasteiger partial charge in [-0.05, 0) is 26.7 Å². The minimum Gasteiger partial charge on any atom is -0.365 e. The molecule has 1 aliphatic rings. The van der Waals surface area contributed by atoms with Crippen LogP contribution in [0.3, 0.4) is 0 Å². The number of benzene rings is 1. The van der Waals surface area contributed by atoms with Gasteiger partial charge in [-0.1, -0.05) is 18.2 Å². The zero-order valence-corrected chi connectivity index (χ0v) is 16.7. The Morgan fingerprint density at radius 3 is 2.53 bits per heavy atom. The van der Waals surface area contributed by atoms with Crippen molar-refractivity contribution in [2.75, 3.05) is 5.32 Å². The molecule has 1 saturated carbocycles. The van der Waals surface area contributed by atoms with Gasteiger partial charge in [0.2, 0.25) is 5.82 Å². The summed E-state index contributed by atoms with van der Waals surface area (Å²) in [5.41, 5.74) is -2.03. The van der Waals surface area contributed by atoms with E-state index in [1.165, 1.54) is 29.8 Å². The van der Waals surface area contributed by atoms with Gasteiger partial charge >= 0.3 is 0 Å². The fourth-order valence-corrected chi connectivity index (χ4v) is 3.46. The Kier molecular flexibility index (Phi) is 4.59. The molecule has 0 spiro atoms. The fourth-order valence-electron chi connectivity index (χ4n) is 3.46. The van der Waals surface area contributed by atoms with Gasteiger partial charge in [-0.15, -0.1) is 0 Å². The van der Waals surface area contributed by atoms with Crippen LogP contribution in [0.25, 0.3) is 10.9 Å². The van der Waals surface area contributed by atoms with Gasteiger partial charge in [0, 0.05) is 30.8 Å². The molecule has 3 aromatic rings. The van der Waals surface area contributed by atoms with Crippen LogP contribution >= 0.6 is 0 Å². The highest BCUT2D eigenvalue weighted by molar-refractivity contribution is 5.88. The lowest BCUT2D eigenvalue weighted by molar-refractivity contribution is 0.0136. The van der Waals surface area contributed by atoms with Crippen LogP contribution in [-0.2, 0) is 18.0 Å². The van der Waals surface area contributed by atoms with E-state index in [0.29, 0.717) is 6.92 Å². The molecule has 1 N–H and O–H groups in total. The van der Waals surface area contributed by atoms with Crippen molar-refractivity contribution in [2.45, 2.75) is 51.6 Å². The Morgan fingerprint density at radius 2 is 1.90 bits per heavy atom. The number of nitrogens with one attached hydrogen (secondary N) is 1. The fraction of sp³-hybridized carbons (Fsp3) is 0.381. The summed E-state index contributed by atoms with van der Waals surface area (Å²) in [7, 11) is 0. The van der Waals surface area contributed by atoms with Crippen molar-refractivity contribution in [1.82, 2.24) is 14.5 Å². The smallest absolute Gasteiger partial charge is 0.289 e. The second-order valence-corrected chi connectivity index (χ2v) is 8.02. The molecule has 1 aromatic carbocycles. The molecular weight excluding hydrogens is 400 g/mol. The van der Waals surface area contributed by atoms with E-state index in [1.807, 2.05) is 6.92 Å². The molecule has 4 rings (SSSR count). The van der Waals surface area contributed by atoms with E-state index in [9.17, 15) is 22.4 Å². The number of nitrogens with zero attached hydrogens (tertiary/aromatic N) is 3. The molecule has 1 aliphatic carbocycles. The van der Waals surface area contributed by atoms with Gasteiger partial charge in [0.1, 0.15) is 23.0 Å². The molecule has 9 heteroatoms. The van der Waals surface area contributed by atoms with Crippen molar-refractivity contribution < 1.29 is 17.6 Å². The Balaban J connectivity index is 1.77. The van der Waals surface area contributed by atoms with Crippen LogP contribution < -0.4 is 10.9 Å². The summed E-state index contributed by atoms with van der Waals surface area (Å²) >= 11 is 0. The first-order valence-electron chi connectivity index (χ1n) is 9.51. The van der Waals surface area contributed by atoms with Crippen LogP contribution in [0.1, 0.15) is 43.6 Å². The lowest BCUT2D eigenvalue weighted by atomic mass is 10.0. The predicted octanol–water partition coefficient (Wildman–Crippen LogP) is 4.61. The number of hydrogen-bond donors (Lipinski definition) is 1. The highest BCUT2D eigenvalue weighted by Gasteiger charge is 2.41. The van der Waals surface area contributed by atoms with E-state index < -0.39 is 34.2 Å². The quantitative estimate of drug-likeness (QED) is 0.613. The average molecular weight is 420 g/mol. The summed E-state index contributed by atoms with van der Waals surface area (Å²) in [6, 6.07) is 3.77. The molecule has 0 radical (unpaired) electrons. The molecule has 158 valence electrons. The van der Waals surface area contributed by atoms with Gasteiger partial charge in [-0.3, -0.25) is 4.79 Å². The van der Waals surface area contributed by atoms with E-state index in [0.717, 1.165) is 18.9 Å². The molecule has 0 amide bonds. The summed E-state index contributed by atoms with van der Waals surface area (Å²) < 4.78 is 57.9. The molecule has 0 bridgehead atoms. The van der Waals surface area contributed by atoms with Crippen LogP contribution in [0.4, 0.5) is 23.4 Å². The molecule has 1 fully saturated rings. The molecule has 30 heavy (non-hydrogen) atoms. The molecule has 5 nitrogen and oxygen atoms in total. The highest BCUT2D eigenvalue weighted by atomic mass is 19.3. The summed E-state index contributed by atoms with van der Waals surface area (Å²) in [4.78, 5) is 20.7. The minimum atomic E-state index is -3.32. The number of fused-ring (bicyclic) bond motifs is 1. The second kappa shape index (κ2) is 6.78. The van der Waals surface area contributed by atoms with E-state index in [1.54, 1.807) is 0 Å². The lowest BCUT2D eigenvalue weighted by Gasteiger charge is -2.17. The van der Waals surface area contributed by atoms with E-state index >= 15 is 0 Å². The van der Waals surface area contributed by atoms with E-state index in [2.05, 4.69) is 15.3 Å². The number of halogens is 4. The zero-order valence-electron chi connectivity index (χ0n) is 16.7. The highest BCUT2D eigenvalue weighted by Crippen LogP contribution is 2.42. The van der Waals surface area contributed by atoms with Gasteiger partial charge in [-0.2, -0.15) is 4.39 Å². The van der Waals surface area contributed by atoms with Crippen molar-refractivity contribution in [3.05, 3.63) is 63.3 Å². The van der Waals surface area contributed by atoms with E-state index in [4.69, 9.17) is 0 Å². The third-order valence-electron chi connectivity index (χ3n) is 5.48. The Labute approximate surface area is 169 Å². The normalized spacial score (nSPS) is 15.4. The maximum atomic E-state index is 14.8. The Morgan fingerprint density at radius 1 is 1.20 bits per heavy atom. The van der Waals surface area contributed by atoms with Gasteiger partial charge < -0.3 is 9.88 Å². The van der Waals surface area contributed by atoms with E-state index in [-0.39, 0.29) is 34.7 Å². The molecular formula is C21H20F4N4O. The number of rotatable bonds is 5. The van der Waals surface area contributed by atoms with Crippen molar-refractivity contribution in [2.24, 2.45) is 0 Å². The maximum Gasteiger partial charge on any atom is 0.289 e.